The average molecular weight is 348 g/mol. The van der Waals surface area contributed by atoms with Crippen LogP contribution in [-0.2, 0) is 6.54 Å². The van der Waals surface area contributed by atoms with Crippen molar-refractivity contribution >= 4 is 17.3 Å². The van der Waals surface area contributed by atoms with Crippen LogP contribution in [-0.4, -0.2) is 24.7 Å². The molecule has 4 rings (SSSR count). The van der Waals surface area contributed by atoms with Crippen LogP contribution in [0.1, 0.15) is 10.7 Å². The predicted octanol–water partition coefficient (Wildman–Crippen LogP) is 3.71. The molecule has 1 aromatic carbocycles. The van der Waals surface area contributed by atoms with Gasteiger partial charge < -0.3 is 5.32 Å². The largest absolute Gasteiger partial charge is 0.348 e. The van der Waals surface area contributed by atoms with Gasteiger partial charge in [0.1, 0.15) is 5.01 Å². The summed E-state index contributed by atoms with van der Waals surface area (Å²) in [6, 6.07) is 11.9. The normalized spacial score (nSPS) is 10.8. The van der Waals surface area contributed by atoms with Crippen LogP contribution in [0.5, 0.6) is 0 Å². The highest BCUT2D eigenvalue weighted by Crippen LogP contribution is 2.19. The molecule has 25 heavy (non-hydrogen) atoms. The van der Waals surface area contributed by atoms with Gasteiger partial charge >= 0.3 is 0 Å². The molecule has 1 N–H and O–H groups in total. The quantitative estimate of drug-likeness (QED) is 0.595. The second-order valence-corrected chi connectivity index (χ2v) is 6.45. The third kappa shape index (κ3) is 3.56. The molecule has 4 aromatic rings. The lowest BCUT2D eigenvalue weighted by Gasteiger charge is -2.04. The van der Waals surface area contributed by atoms with E-state index in [-0.39, 0.29) is 0 Å². The van der Waals surface area contributed by atoms with Gasteiger partial charge in [-0.25, -0.2) is 19.6 Å². The van der Waals surface area contributed by atoms with E-state index < -0.39 is 0 Å². The molecule has 0 atom stereocenters. The first-order valence-corrected chi connectivity index (χ1v) is 8.74. The molecule has 3 heterocycles. The summed E-state index contributed by atoms with van der Waals surface area (Å²) in [5.41, 5.74) is 3.82. The Balaban J connectivity index is 1.52. The van der Waals surface area contributed by atoms with Gasteiger partial charge in [-0.3, -0.25) is 0 Å². The molecule has 0 aliphatic heterocycles. The molecule has 0 fully saturated rings. The molecule has 0 radical (unpaired) electrons. The molecule has 0 bridgehead atoms. The van der Waals surface area contributed by atoms with Gasteiger partial charge in [-0.2, -0.15) is 5.10 Å². The SMILES string of the molecule is Cc1csc(CNc2nccc(-c3cnn(-c4ccccc4)c3)n2)n1. The highest BCUT2D eigenvalue weighted by Gasteiger charge is 2.07. The summed E-state index contributed by atoms with van der Waals surface area (Å²) in [6.45, 7) is 2.60. The van der Waals surface area contributed by atoms with Gasteiger partial charge in [-0.05, 0) is 25.1 Å². The maximum Gasteiger partial charge on any atom is 0.223 e. The predicted molar refractivity (Wildman–Crippen MR) is 98.8 cm³/mol. The van der Waals surface area contributed by atoms with Crippen molar-refractivity contribution < 1.29 is 0 Å². The lowest BCUT2D eigenvalue weighted by molar-refractivity contribution is 0.880. The Labute approximate surface area is 149 Å². The highest BCUT2D eigenvalue weighted by atomic mass is 32.1. The van der Waals surface area contributed by atoms with E-state index in [1.807, 2.05) is 65.8 Å². The first-order valence-electron chi connectivity index (χ1n) is 7.86. The van der Waals surface area contributed by atoms with E-state index >= 15 is 0 Å². The Morgan fingerprint density at radius 2 is 2.00 bits per heavy atom. The third-order valence-electron chi connectivity index (χ3n) is 3.62. The monoisotopic (exact) mass is 348 g/mol. The zero-order chi connectivity index (χ0) is 17.1. The van der Waals surface area contributed by atoms with Crippen LogP contribution in [0.2, 0.25) is 0 Å². The van der Waals surface area contributed by atoms with Gasteiger partial charge in [-0.1, -0.05) is 18.2 Å². The van der Waals surface area contributed by atoms with Crippen molar-refractivity contribution in [3.05, 3.63) is 71.1 Å². The highest BCUT2D eigenvalue weighted by molar-refractivity contribution is 7.09. The number of benzene rings is 1. The number of hydrogen-bond donors (Lipinski definition) is 1. The second kappa shape index (κ2) is 6.82. The summed E-state index contributed by atoms with van der Waals surface area (Å²) in [4.78, 5) is 13.3. The number of anilines is 1. The van der Waals surface area contributed by atoms with E-state index in [9.17, 15) is 0 Å². The Bertz CT molecular complexity index is 976. The molecule has 0 spiro atoms. The lowest BCUT2D eigenvalue weighted by atomic mass is 10.2. The summed E-state index contributed by atoms with van der Waals surface area (Å²) < 4.78 is 1.84. The van der Waals surface area contributed by atoms with E-state index in [0.717, 1.165) is 27.6 Å². The minimum Gasteiger partial charge on any atom is -0.348 e. The van der Waals surface area contributed by atoms with E-state index in [2.05, 4.69) is 25.4 Å². The van der Waals surface area contributed by atoms with Crippen molar-refractivity contribution in [1.29, 1.82) is 0 Å². The molecule has 7 heteroatoms. The fourth-order valence-corrected chi connectivity index (χ4v) is 3.13. The first kappa shape index (κ1) is 15.5. The summed E-state index contributed by atoms with van der Waals surface area (Å²) in [7, 11) is 0. The van der Waals surface area contributed by atoms with Crippen molar-refractivity contribution in [1.82, 2.24) is 24.7 Å². The van der Waals surface area contributed by atoms with Crippen LogP contribution >= 0.6 is 11.3 Å². The van der Waals surface area contributed by atoms with Gasteiger partial charge in [0.05, 0.1) is 24.1 Å². The Hall–Kier alpha value is -3.06. The van der Waals surface area contributed by atoms with E-state index in [1.165, 1.54) is 0 Å². The Morgan fingerprint density at radius 1 is 1.12 bits per heavy atom. The van der Waals surface area contributed by atoms with Gasteiger partial charge in [0.2, 0.25) is 5.95 Å². The molecule has 3 aromatic heterocycles. The molecule has 0 amide bonds. The maximum atomic E-state index is 4.57. The number of rotatable bonds is 5. The fourth-order valence-electron chi connectivity index (χ4n) is 2.42. The van der Waals surface area contributed by atoms with Crippen molar-refractivity contribution in [2.45, 2.75) is 13.5 Å². The molecule has 6 nitrogen and oxygen atoms in total. The molecular weight excluding hydrogens is 332 g/mol. The number of nitrogens with one attached hydrogen (secondary N) is 1. The van der Waals surface area contributed by atoms with Gasteiger partial charge in [-0.15, -0.1) is 11.3 Å². The van der Waals surface area contributed by atoms with Crippen LogP contribution in [0.4, 0.5) is 5.95 Å². The van der Waals surface area contributed by atoms with Crippen LogP contribution in [0.25, 0.3) is 16.9 Å². The summed E-state index contributed by atoms with van der Waals surface area (Å²) in [5, 5.41) is 10.7. The molecule has 0 saturated carbocycles. The number of hydrogen-bond acceptors (Lipinski definition) is 6. The van der Waals surface area contributed by atoms with Crippen molar-refractivity contribution in [2.75, 3.05) is 5.32 Å². The first-order chi connectivity index (χ1) is 12.3. The minimum absolute atomic E-state index is 0.581. The minimum atomic E-state index is 0.581. The number of thiazole rings is 1. The number of nitrogens with zero attached hydrogens (tertiary/aromatic N) is 5. The molecule has 0 aliphatic rings. The van der Waals surface area contributed by atoms with E-state index in [4.69, 9.17) is 0 Å². The Kier molecular flexibility index (Phi) is 4.22. The molecular formula is C18H16N6S. The standard InChI is InChI=1S/C18H16N6S/c1-13-12-25-17(22-13)10-20-18-19-8-7-16(23-18)14-9-21-24(11-14)15-5-3-2-4-6-15/h2-9,11-12H,10H2,1H3,(H,19,20,23). The fraction of sp³-hybridized carbons (Fsp3) is 0.111. The van der Waals surface area contributed by atoms with Crippen molar-refractivity contribution in [3.63, 3.8) is 0 Å². The summed E-state index contributed by atoms with van der Waals surface area (Å²) in [6.07, 6.45) is 5.52. The molecule has 0 saturated heterocycles. The van der Waals surface area contributed by atoms with Crippen LogP contribution in [0.15, 0.2) is 60.4 Å². The smallest absolute Gasteiger partial charge is 0.223 e. The van der Waals surface area contributed by atoms with Crippen LogP contribution < -0.4 is 5.32 Å². The molecule has 0 aliphatic carbocycles. The van der Waals surface area contributed by atoms with E-state index in [0.29, 0.717) is 12.5 Å². The summed E-state index contributed by atoms with van der Waals surface area (Å²) >= 11 is 1.63. The number of aryl methyl sites for hydroxylation is 1. The van der Waals surface area contributed by atoms with Gasteiger partial charge in [0.25, 0.3) is 0 Å². The zero-order valence-corrected chi connectivity index (χ0v) is 14.4. The number of para-hydroxylation sites is 1. The topological polar surface area (TPSA) is 68.5 Å². The molecule has 124 valence electrons. The van der Waals surface area contributed by atoms with E-state index in [1.54, 1.807) is 17.5 Å². The van der Waals surface area contributed by atoms with Gasteiger partial charge in [0.15, 0.2) is 0 Å². The zero-order valence-electron chi connectivity index (χ0n) is 13.6. The maximum absolute atomic E-state index is 4.57. The van der Waals surface area contributed by atoms with Gasteiger partial charge in [0, 0.05) is 29.0 Å². The Morgan fingerprint density at radius 3 is 2.80 bits per heavy atom. The van der Waals surface area contributed by atoms with Crippen LogP contribution in [0, 0.1) is 6.92 Å². The van der Waals surface area contributed by atoms with Crippen LogP contribution in [0.3, 0.4) is 0 Å². The third-order valence-corrected chi connectivity index (χ3v) is 4.59. The molecule has 0 unspecified atom stereocenters. The lowest BCUT2D eigenvalue weighted by Crippen LogP contribution is -2.03. The van der Waals surface area contributed by atoms with Crippen molar-refractivity contribution in [2.24, 2.45) is 0 Å². The van der Waals surface area contributed by atoms with Crippen molar-refractivity contribution in [3.8, 4) is 16.9 Å². The second-order valence-electron chi connectivity index (χ2n) is 5.51. The average Bonchev–Trinajstić information content (AvgIpc) is 3.30. The summed E-state index contributed by atoms with van der Waals surface area (Å²) in [5.74, 6) is 0.581. The number of aromatic nitrogens is 5.